The van der Waals surface area contributed by atoms with Gasteiger partial charge in [0.15, 0.2) is 0 Å². The van der Waals surface area contributed by atoms with Crippen molar-refractivity contribution in [2.45, 2.75) is 38.6 Å². The Bertz CT molecular complexity index is 879. The fraction of sp³-hybridized carbons (Fsp3) is 0.391. The molecule has 5 heteroatoms. The van der Waals surface area contributed by atoms with Crippen LogP contribution >= 0.6 is 0 Å². The first-order chi connectivity index (χ1) is 13.4. The highest BCUT2D eigenvalue weighted by Gasteiger charge is 2.49. The van der Waals surface area contributed by atoms with E-state index in [1.54, 1.807) is 6.92 Å². The highest BCUT2D eigenvalue weighted by atomic mass is 16.5. The number of benzene rings is 2. The van der Waals surface area contributed by atoms with Crippen molar-refractivity contribution in [3.05, 3.63) is 59.7 Å². The van der Waals surface area contributed by atoms with Gasteiger partial charge >= 0.3 is 12.1 Å². The molecule has 146 valence electrons. The Kier molecular flexibility index (Phi) is 4.61. The molecule has 0 heterocycles. The molecule has 0 aliphatic heterocycles. The topological polar surface area (TPSA) is 75.6 Å². The molecule has 5 nitrogen and oxygen atoms in total. The summed E-state index contributed by atoms with van der Waals surface area (Å²) in [5.74, 6) is -0.632. The summed E-state index contributed by atoms with van der Waals surface area (Å²) in [6.07, 6.45) is 0.650. The van der Waals surface area contributed by atoms with E-state index >= 15 is 0 Å². The van der Waals surface area contributed by atoms with Crippen molar-refractivity contribution < 1.29 is 19.4 Å². The van der Waals surface area contributed by atoms with Crippen LogP contribution in [0, 0.1) is 11.3 Å². The lowest BCUT2D eigenvalue weighted by atomic mass is 9.84. The Morgan fingerprint density at radius 3 is 2.25 bits per heavy atom. The molecular formula is C23H25NO4. The maximum atomic E-state index is 12.5. The predicted octanol–water partition coefficient (Wildman–Crippen LogP) is 4.41. The molecule has 2 aromatic rings. The van der Waals surface area contributed by atoms with Gasteiger partial charge in [-0.2, -0.15) is 0 Å². The van der Waals surface area contributed by atoms with Crippen molar-refractivity contribution >= 4 is 12.1 Å². The predicted molar refractivity (Wildman–Crippen MR) is 106 cm³/mol. The number of ether oxygens (including phenoxy) is 1. The van der Waals surface area contributed by atoms with E-state index in [9.17, 15) is 14.7 Å². The molecule has 0 spiro atoms. The lowest BCUT2D eigenvalue weighted by molar-refractivity contribution is -0.148. The first-order valence-corrected chi connectivity index (χ1v) is 9.75. The van der Waals surface area contributed by atoms with Crippen LogP contribution in [0.1, 0.15) is 43.7 Å². The Labute approximate surface area is 164 Å². The summed E-state index contributed by atoms with van der Waals surface area (Å²) in [6, 6.07) is 15.9. The zero-order chi connectivity index (χ0) is 19.9. The van der Waals surface area contributed by atoms with Gasteiger partial charge in [-0.05, 0) is 47.9 Å². The van der Waals surface area contributed by atoms with Crippen LogP contribution < -0.4 is 5.32 Å². The summed E-state index contributed by atoms with van der Waals surface area (Å²) < 4.78 is 5.57. The van der Waals surface area contributed by atoms with Gasteiger partial charge in [-0.3, -0.25) is 4.79 Å². The molecule has 0 radical (unpaired) electrons. The Morgan fingerprint density at radius 2 is 1.68 bits per heavy atom. The van der Waals surface area contributed by atoms with Gasteiger partial charge in [0.25, 0.3) is 0 Å². The van der Waals surface area contributed by atoms with E-state index in [1.165, 1.54) is 11.1 Å². The smallest absolute Gasteiger partial charge is 0.407 e. The third-order valence-electron chi connectivity index (χ3n) is 6.30. The molecule has 1 saturated carbocycles. The van der Waals surface area contributed by atoms with Crippen LogP contribution in [0.4, 0.5) is 4.79 Å². The number of carboxylic acids is 1. The summed E-state index contributed by atoms with van der Waals surface area (Å²) in [7, 11) is 0. The molecule has 2 aliphatic rings. The molecule has 0 bridgehead atoms. The molecule has 3 unspecified atom stereocenters. The first-order valence-electron chi connectivity index (χ1n) is 9.75. The van der Waals surface area contributed by atoms with Gasteiger partial charge in [0.1, 0.15) is 6.61 Å². The highest BCUT2D eigenvalue weighted by molar-refractivity contribution is 5.79. The van der Waals surface area contributed by atoms with Gasteiger partial charge in [-0.25, -0.2) is 4.79 Å². The minimum Gasteiger partial charge on any atom is -0.481 e. The SMILES string of the molecule is CC1CC(NC(=O)OCC2c3ccccc3-c3ccccc32)C(C)(C(=O)O)C1. The molecule has 3 atom stereocenters. The third kappa shape index (κ3) is 3.05. The normalized spacial score (nSPS) is 25.8. The standard InChI is InChI=1S/C23H25NO4/c1-14-11-20(23(2,12-14)21(25)26)24-22(27)28-13-19-17-9-5-3-7-15(17)16-8-4-6-10-18(16)19/h3-10,14,19-20H,11-13H2,1-2H3,(H,24,27)(H,25,26). The monoisotopic (exact) mass is 379 g/mol. The second kappa shape index (κ2) is 6.97. The van der Waals surface area contributed by atoms with Crippen LogP contribution in [0.2, 0.25) is 0 Å². The minimum absolute atomic E-state index is 0.00786. The number of nitrogens with one attached hydrogen (secondary N) is 1. The minimum atomic E-state index is -0.953. The fourth-order valence-electron chi connectivity index (χ4n) is 4.85. The maximum absolute atomic E-state index is 12.5. The van der Waals surface area contributed by atoms with Gasteiger partial charge in [0.05, 0.1) is 5.41 Å². The fourth-order valence-corrected chi connectivity index (χ4v) is 4.85. The molecule has 1 amide bonds. The van der Waals surface area contributed by atoms with Gasteiger partial charge in [-0.15, -0.1) is 0 Å². The zero-order valence-corrected chi connectivity index (χ0v) is 16.1. The highest BCUT2D eigenvalue weighted by Crippen LogP contribution is 2.45. The molecule has 28 heavy (non-hydrogen) atoms. The summed E-state index contributed by atoms with van der Waals surface area (Å²) in [5.41, 5.74) is 3.71. The molecule has 2 aromatic carbocycles. The number of fused-ring (bicyclic) bond motifs is 3. The number of carbonyl (C=O) groups is 2. The van der Waals surface area contributed by atoms with Crippen molar-refractivity contribution in [3.8, 4) is 11.1 Å². The maximum Gasteiger partial charge on any atom is 0.407 e. The largest absolute Gasteiger partial charge is 0.481 e. The van der Waals surface area contributed by atoms with E-state index in [0.29, 0.717) is 12.8 Å². The number of hydrogen-bond acceptors (Lipinski definition) is 3. The number of carbonyl (C=O) groups excluding carboxylic acids is 1. The van der Waals surface area contributed by atoms with Crippen LogP contribution in [0.5, 0.6) is 0 Å². The molecule has 2 aliphatic carbocycles. The second-order valence-corrected chi connectivity index (χ2v) is 8.29. The quantitative estimate of drug-likeness (QED) is 0.825. The third-order valence-corrected chi connectivity index (χ3v) is 6.30. The van der Waals surface area contributed by atoms with Crippen molar-refractivity contribution in [3.63, 3.8) is 0 Å². The van der Waals surface area contributed by atoms with Crippen LogP contribution in [0.15, 0.2) is 48.5 Å². The van der Waals surface area contributed by atoms with Crippen LogP contribution in [0.25, 0.3) is 11.1 Å². The number of alkyl carbamates (subject to hydrolysis) is 1. The van der Waals surface area contributed by atoms with E-state index in [-0.39, 0.29) is 18.4 Å². The van der Waals surface area contributed by atoms with Gasteiger partial charge in [0.2, 0.25) is 0 Å². The van der Waals surface area contributed by atoms with Crippen molar-refractivity contribution in [2.24, 2.45) is 11.3 Å². The van der Waals surface area contributed by atoms with Crippen LogP contribution in [-0.4, -0.2) is 29.8 Å². The van der Waals surface area contributed by atoms with Crippen molar-refractivity contribution in [2.75, 3.05) is 6.61 Å². The van der Waals surface area contributed by atoms with E-state index in [1.807, 2.05) is 31.2 Å². The molecule has 2 N–H and O–H groups in total. The molecule has 0 saturated heterocycles. The molecule has 1 fully saturated rings. The zero-order valence-electron chi connectivity index (χ0n) is 16.1. The molecule has 4 rings (SSSR count). The summed E-state index contributed by atoms with van der Waals surface area (Å²) in [4.78, 5) is 24.2. The van der Waals surface area contributed by atoms with Crippen LogP contribution in [0.3, 0.4) is 0 Å². The van der Waals surface area contributed by atoms with Gasteiger partial charge < -0.3 is 15.2 Å². The Balaban J connectivity index is 1.47. The second-order valence-electron chi connectivity index (χ2n) is 8.29. The lowest BCUT2D eigenvalue weighted by Crippen LogP contribution is -2.47. The van der Waals surface area contributed by atoms with Crippen molar-refractivity contribution in [1.29, 1.82) is 0 Å². The van der Waals surface area contributed by atoms with E-state index in [2.05, 4.69) is 29.6 Å². The molecular weight excluding hydrogens is 354 g/mol. The number of carboxylic acid groups (broad SMARTS) is 1. The first kappa shape index (κ1) is 18.5. The number of rotatable bonds is 4. The van der Waals surface area contributed by atoms with E-state index in [4.69, 9.17) is 4.74 Å². The number of aliphatic carboxylic acids is 1. The van der Waals surface area contributed by atoms with Gasteiger partial charge in [-0.1, -0.05) is 55.5 Å². The summed E-state index contributed by atoms with van der Waals surface area (Å²) >= 11 is 0. The Hall–Kier alpha value is -2.82. The number of hydrogen-bond donors (Lipinski definition) is 2. The van der Waals surface area contributed by atoms with Gasteiger partial charge in [0, 0.05) is 12.0 Å². The van der Waals surface area contributed by atoms with Crippen molar-refractivity contribution in [1.82, 2.24) is 5.32 Å². The summed E-state index contributed by atoms with van der Waals surface area (Å²) in [5, 5.41) is 12.4. The van der Waals surface area contributed by atoms with E-state index < -0.39 is 23.5 Å². The summed E-state index contributed by atoms with van der Waals surface area (Å²) in [6.45, 7) is 3.94. The van der Waals surface area contributed by atoms with E-state index in [0.717, 1.165) is 11.1 Å². The average Bonchev–Trinajstić information content (AvgIpc) is 3.15. The van der Waals surface area contributed by atoms with Crippen LogP contribution in [-0.2, 0) is 9.53 Å². The number of amides is 1. The lowest BCUT2D eigenvalue weighted by Gasteiger charge is -2.27. The Morgan fingerprint density at radius 1 is 1.11 bits per heavy atom. The molecule has 0 aromatic heterocycles. The average molecular weight is 379 g/mol.